The molecule has 0 spiro atoms. The van der Waals surface area contributed by atoms with Crippen LogP contribution in [-0.2, 0) is 6.42 Å². The van der Waals surface area contributed by atoms with E-state index in [-0.39, 0.29) is 0 Å². The summed E-state index contributed by atoms with van der Waals surface area (Å²) in [4.78, 5) is 11.3. The Labute approximate surface area is 129 Å². The Balaban J connectivity index is 2.41. The number of benzene rings is 1. The predicted octanol–water partition coefficient (Wildman–Crippen LogP) is 4.66. The second-order valence-electron chi connectivity index (χ2n) is 4.80. The van der Waals surface area contributed by atoms with Crippen molar-refractivity contribution in [2.45, 2.75) is 33.6 Å². The van der Waals surface area contributed by atoms with Gasteiger partial charge in [-0.05, 0) is 53.9 Å². The number of anilines is 2. The van der Waals surface area contributed by atoms with Crippen LogP contribution in [0.2, 0.25) is 0 Å². The highest BCUT2D eigenvalue weighted by atomic mass is 79.9. The number of rotatable bonds is 5. The van der Waals surface area contributed by atoms with Crippen molar-refractivity contribution in [3.8, 4) is 0 Å². The summed E-state index contributed by atoms with van der Waals surface area (Å²) in [5, 5.41) is 0. The van der Waals surface area contributed by atoms with Crippen LogP contribution >= 0.6 is 15.9 Å². The monoisotopic (exact) mass is 333 g/mol. The topological polar surface area (TPSA) is 29.0 Å². The number of hydrogen-bond donors (Lipinski definition) is 0. The molecule has 0 unspecified atom stereocenters. The van der Waals surface area contributed by atoms with Crippen molar-refractivity contribution in [2.24, 2.45) is 0 Å². The lowest BCUT2D eigenvalue weighted by molar-refractivity contribution is 0.819. The minimum Gasteiger partial charge on any atom is -0.327 e. The Kier molecular flexibility index (Phi) is 5.12. The smallest absolute Gasteiger partial charge is 0.137 e. The normalized spacial score (nSPS) is 10.6. The van der Waals surface area contributed by atoms with E-state index in [4.69, 9.17) is 0 Å². The molecule has 4 heteroatoms. The van der Waals surface area contributed by atoms with Crippen LogP contribution in [0.15, 0.2) is 34.9 Å². The molecular weight excluding hydrogens is 314 g/mol. The van der Waals surface area contributed by atoms with Crippen LogP contribution in [0.4, 0.5) is 11.5 Å². The predicted molar refractivity (Wildman–Crippen MR) is 87.6 cm³/mol. The second kappa shape index (κ2) is 6.84. The first kappa shape index (κ1) is 15.0. The highest BCUT2D eigenvalue weighted by Crippen LogP contribution is 2.26. The Hall–Kier alpha value is -1.42. The first-order valence-corrected chi connectivity index (χ1v) is 7.81. The molecule has 0 aliphatic carbocycles. The summed E-state index contributed by atoms with van der Waals surface area (Å²) < 4.78 is 0.844. The first-order chi connectivity index (χ1) is 9.63. The van der Waals surface area contributed by atoms with E-state index in [2.05, 4.69) is 75.8 Å². The second-order valence-corrected chi connectivity index (χ2v) is 5.61. The summed E-state index contributed by atoms with van der Waals surface area (Å²) in [6.07, 6.45) is 1.95. The zero-order chi connectivity index (χ0) is 14.5. The van der Waals surface area contributed by atoms with Crippen LogP contribution < -0.4 is 4.90 Å². The molecule has 0 bridgehead atoms. The molecule has 106 valence electrons. The van der Waals surface area contributed by atoms with Gasteiger partial charge in [0, 0.05) is 24.7 Å². The average Bonchev–Trinajstić information content (AvgIpc) is 2.39. The van der Waals surface area contributed by atoms with Crippen molar-refractivity contribution in [3.05, 3.63) is 46.3 Å². The third-order valence-electron chi connectivity index (χ3n) is 3.11. The number of aromatic nitrogens is 2. The molecule has 1 aromatic carbocycles. The fourth-order valence-corrected chi connectivity index (χ4v) is 2.61. The summed E-state index contributed by atoms with van der Waals surface area (Å²) in [6.45, 7) is 7.26. The molecule has 0 aliphatic rings. The summed E-state index contributed by atoms with van der Waals surface area (Å²) in [6, 6.07) is 10.5. The van der Waals surface area contributed by atoms with Gasteiger partial charge in [-0.25, -0.2) is 9.97 Å². The molecule has 1 heterocycles. The zero-order valence-corrected chi connectivity index (χ0v) is 13.8. The summed E-state index contributed by atoms with van der Waals surface area (Å²) in [5.74, 6) is 1.84. The fraction of sp³-hybridized carbons (Fsp3) is 0.375. The minimum atomic E-state index is 0.844. The fourth-order valence-electron chi connectivity index (χ4n) is 2.20. The summed E-state index contributed by atoms with van der Waals surface area (Å²) in [5.41, 5.74) is 2.42. The Bertz CT molecular complexity index is 584. The summed E-state index contributed by atoms with van der Waals surface area (Å²) in [7, 11) is 0. The van der Waals surface area contributed by atoms with E-state index in [1.807, 2.05) is 6.07 Å². The molecule has 0 N–H and O–H groups in total. The van der Waals surface area contributed by atoms with Crippen LogP contribution in [0, 0.1) is 6.92 Å². The molecule has 3 nitrogen and oxygen atoms in total. The van der Waals surface area contributed by atoms with Crippen LogP contribution in [0.5, 0.6) is 0 Å². The van der Waals surface area contributed by atoms with E-state index >= 15 is 0 Å². The van der Waals surface area contributed by atoms with E-state index in [0.717, 1.165) is 35.6 Å². The molecule has 2 rings (SSSR count). The highest BCUT2D eigenvalue weighted by molar-refractivity contribution is 9.10. The van der Waals surface area contributed by atoms with Gasteiger partial charge in [-0.1, -0.05) is 19.1 Å². The van der Waals surface area contributed by atoms with E-state index in [1.165, 1.54) is 11.3 Å². The lowest BCUT2D eigenvalue weighted by Gasteiger charge is -2.23. The highest BCUT2D eigenvalue weighted by Gasteiger charge is 2.11. The molecule has 2 aromatic rings. The van der Waals surface area contributed by atoms with Crippen molar-refractivity contribution in [2.75, 3.05) is 11.4 Å². The molecule has 0 aliphatic heterocycles. The molecule has 0 radical (unpaired) electrons. The van der Waals surface area contributed by atoms with Crippen molar-refractivity contribution in [3.63, 3.8) is 0 Å². The van der Waals surface area contributed by atoms with E-state index < -0.39 is 0 Å². The molecule has 0 amide bonds. The van der Waals surface area contributed by atoms with Gasteiger partial charge in [0.2, 0.25) is 0 Å². The van der Waals surface area contributed by atoms with Gasteiger partial charge in [-0.2, -0.15) is 0 Å². The molecule has 0 fully saturated rings. The van der Waals surface area contributed by atoms with Gasteiger partial charge in [0.1, 0.15) is 16.2 Å². The van der Waals surface area contributed by atoms with Gasteiger partial charge in [-0.15, -0.1) is 0 Å². The molecular formula is C16H20BrN3. The van der Waals surface area contributed by atoms with Crippen molar-refractivity contribution in [1.29, 1.82) is 0 Å². The molecule has 0 saturated heterocycles. The number of halogens is 1. The molecule has 20 heavy (non-hydrogen) atoms. The van der Waals surface area contributed by atoms with Gasteiger partial charge in [0.05, 0.1) is 0 Å². The SMILES string of the molecule is CCCc1nc(Br)cc(N(CC)c2cccc(C)c2)n1. The standard InChI is InChI=1S/C16H20BrN3/c1-4-7-15-18-14(17)11-16(19-15)20(5-2)13-9-6-8-12(3)10-13/h6,8-11H,4-5,7H2,1-3H3. The summed E-state index contributed by atoms with van der Waals surface area (Å²) >= 11 is 3.49. The number of nitrogens with zero attached hydrogens (tertiary/aromatic N) is 3. The Morgan fingerprint density at radius 2 is 1.95 bits per heavy atom. The van der Waals surface area contributed by atoms with Crippen molar-refractivity contribution >= 4 is 27.4 Å². The number of aryl methyl sites for hydroxylation is 2. The molecule has 0 atom stereocenters. The van der Waals surface area contributed by atoms with Crippen LogP contribution in [-0.4, -0.2) is 16.5 Å². The maximum atomic E-state index is 4.69. The molecule has 0 saturated carbocycles. The van der Waals surface area contributed by atoms with Crippen LogP contribution in [0.25, 0.3) is 0 Å². The molecule has 1 aromatic heterocycles. The van der Waals surface area contributed by atoms with Crippen LogP contribution in [0.1, 0.15) is 31.7 Å². The van der Waals surface area contributed by atoms with Crippen molar-refractivity contribution in [1.82, 2.24) is 9.97 Å². The largest absolute Gasteiger partial charge is 0.327 e. The quantitative estimate of drug-likeness (QED) is 0.745. The lowest BCUT2D eigenvalue weighted by atomic mass is 10.2. The third-order valence-corrected chi connectivity index (χ3v) is 3.51. The van der Waals surface area contributed by atoms with E-state index in [1.54, 1.807) is 0 Å². The maximum Gasteiger partial charge on any atom is 0.137 e. The maximum absolute atomic E-state index is 4.69. The van der Waals surface area contributed by atoms with E-state index in [0.29, 0.717) is 0 Å². The van der Waals surface area contributed by atoms with Gasteiger partial charge in [-0.3, -0.25) is 0 Å². The third kappa shape index (κ3) is 3.57. The first-order valence-electron chi connectivity index (χ1n) is 7.01. The van der Waals surface area contributed by atoms with Gasteiger partial charge in [0.25, 0.3) is 0 Å². The number of hydrogen-bond acceptors (Lipinski definition) is 3. The van der Waals surface area contributed by atoms with Crippen LogP contribution in [0.3, 0.4) is 0 Å². The zero-order valence-electron chi connectivity index (χ0n) is 12.2. The average molecular weight is 334 g/mol. The van der Waals surface area contributed by atoms with Gasteiger partial charge < -0.3 is 4.90 Å². The van der Waals surface area contributed by atoms with Gasteiger partial charge >= 0.3 is 0 Å². The Morgan fingerprint density at radius 3 is 2.60 bits per heavy atom. The van der Waals surface area contributed by atoms with E-state index in [9.17, 15) is 0 Å². The van der Waals surface area contributed by atoms with Crippen molar-refractivity contribution < 1.29 is 0 Å². The van der Waals surface area contributed by atoms with Gasteiger partial charge in [0.15, 0.2) is 0 Å². The minimum absolute atomic E-state index is 0.844. The lowest BCUT2D eigenvalue weighted by Crippen LogP contribution is -2.18. The Morgan fingerprint density at radius 1 is 1.15 bits per heavy atom.